The molecule has 0 bridgehead atoms. The van der Waals surface area contributed by atoms with Gasteiger partial charge < -0.3 is 14.2 Å². The molecule has 0 radical (unpaired) electrons. The molecule has 1 aliphatic heterocycles. The van der Waals surface area contributed by atoms with Crippen LogP contribution in [0.25, 0.3) is 0 Å². The summed E-state index contributed by atoms with van der Waals surface area (Å²) in [6.07, 6.45) is 1.82. The number of hydrogen-bond donors (Lipinski definition) is 0. The second-order valence-electron chi connectivity index (χ2n) is 8.90. The highest BCUT2D eigenvalue weighted by Crippen LogP contribution is 2.43. The topological polar surface area (TPSA) is 48.0 Å². The highest BCUT2D eigenvalue weighted by molar-refractivity contribution is 6.31. The Bertz CT molecular complexity index is 902. The summed E-state index contributed by atoms with van der Waals surface area (Å²) in [5.41, 5.74) is 2.87. The van der Waals surface area contributed by atoms with Crippen molar-refractivity contribution in [2.75, 3.05) is 18.1 Å². The van der Waals surface area contributed by atoms with Gasteiger partial charge in [-0.05, 0) is 75.4 Å². The van der Waals surface area contributed by atoms with Gasteiger partial charge in [-0.3, -0.25) is 4.90 Å². The summed E-state index contributed by atoms with van der Waals surface area (Å²) in [4.78, 5) is 13.9. The van der Waals surface area contributed by atoms with Crippen LogP contribution in [0.1, 0.15) is 50.7 Å². The first-order valence-corrected chi connectivity index (χ1v) is 10.8. The van der Waals surface area contributed by atoms with E-state index in [9.17, 15) is 4.79 Å². The molecule has 1 heterocycles. The Hall–Kier alpha value is -2.24. The Morgan fingerprint density at radius 1 is 1.13 bits per heavy atom. The number of ether oxygens (including phenoxy) is 3. The molecule has 1 saturated carbocycles. The monoisotopic (exact) mass is 429 g/mol. The molecule has 2 aliphatic rings. The number of cyclic esters (lactones) is 1. The molecular formula is C24H28ClNO4. The molecule has 1 unspecified atom stereocenters. The van der Waals surface area contributed by atoms with E-state index >= 15 is 0 Å². The summed E-state index contributed by atoms with van der Waals surface area (Å²) in [7, 11) is 0. The van der Waals surface area contributed by atoms with Crippen LogP contribution in [0.4, 0.5) is 10.5 Å². The molecule has 0 N–H and O–H groups in total. The first kappa shape index (κ1) is 21.0. The highest BCUT2D eigenvalue weighted by Gasteiger charge is 2.33. The number of rotatable bonds is 7. The van der Waals surface area contributed by atoms with Crippen molar-refractivity contribution in [3.63, 3.8) is 0 Å². The van der Waals surface area contributed by atoms with Crippen LogP contribution in [0.5, 0.6) is 5.75 Å². The lowest BCUT2D eigenvalue weighted by Crippen LogP contribution is -2.29. The van der Waals surface area contributed by atoms with E-state index in [0.717, 1.165) is 22.0 Å². The smallest absolute Gasteiger partial charge is 0.414 e. The van der Waals surface area contributed by atoms with E-state index in [0.29, 0.717) is 25.7 Å². The molecule has 160 valence electrons. The van der Waals surface area contributed by atoms with Crippen molar-refractivity contribution in [1.82, 2.24) is 0 Å². The fourth-order valence-electron chi connectivity index (χ4n) is 3.54. The molecule has 0 spiro atoms. The second kappa shape index (κ2) is 8.48. The number of benzene rings is 2. The van der Waals surface area contributed by atoms with Crippen molar-refractivity contribution in [2.24, 2.45) is 0 Å². The summed E-state index contributed by atoms with van der Waals surface area (Å²) >= 11 is 6.41. The van der Waals surface area contributed by atoms with Gasteiger partial charge in [0.1, 0.15) is 18.5 Å². The minimum absolute atomic E-state index is 0.264. The van der Waals surface area contributed by atoms with Crippen LogP contribution < -0.4 is 9.64 Å². The number of anilines is 1. The van der Waals surface area contributed by atoms with Crippen LogP contribution in [0.15, 0.2) is 42.5 Å². The molecule has 2 aromatic carbocycles. The van der Waals surface area contributed by atoms with Gasteiger partial charge >= 0.3 is 6.09 Å². The Balaban J connectivity index is 1.36. The summed E-state index contributed by atoms with van der Waals surface area (Å²) in [6, 6.07) is 13.5. The molecule has 1 atom stereocenters. The first-order chi connectivity index (χ1) is 14.3. The summed E-state index contributed by atoms with van der Waals surface area (Å²) in [6.45, 7) is 7.24. The predicted molar refractivity (Wildman–Crippen MR) is 118 cm³/mol. The van der Waals surface area contributed by atoms with Crippen LogP contribution in [0.3, 0.4) is 0 Å². The minimum atomic E-state index is -0.351. The average Bonchev–Trinajstić information content (AvgIpc) is 3.48. The Morgan fingerprint density at radius 2 is 1.87 bits per heavy atom. The van der Waals surface area contributed by atoms with Gasteiger partial charge in [0.05, 0.1) is 18.8 Å². The third-order valence-electron chi connectivity index (χ3n) is 5.28. The van der Waals surface area contributed by atoms with E-state index < -0.39 is 0 Å². The van der Waals surface area contributed by atoms with Crippen LogP contribution in [0.2, 0.25) is 5.02 Å². The van der Waals surface area contributed by atoms with Gasteiger partial charge in [0.2, 0.25) is 0 Å². The third-order valence-corrected chi connectivity index (χ3v) is 5.63. The molecule has 1 amide bonds. The number of amides is 1. The number of nitrogens with zero attached hydrogens (tertiary/aromatic N) is 1. The molecule has 2 fully saturated rings. The molecule has 2 aromatic rings. The van der Waals surface area contributed by atoms with Crippen molar-refractivity contribution in [1.29, 1.82) is 0 Å². The lowest BCUT2D eigenvalue weighted by Gasteiger charge is -2.21. The largest absolute Gasteiger partial charge is 0.489 e. The summed E-state index contributed by atoms with van der Waals surface area (Å²) in [5, 5.41) is 0.749. The summed E-state index contributed by atoms with van der Waals surface area (Å²) < 4.78 is 17.2. The fraction of sp³-hybridized carbons (Fsp3) is 0.458. The zero-order valence-electron chi connectivity index (χ0n) is 17.7. The van der Waals surface area contributed by atoms with Crippen molar-refractivity contribution < 1.29 is 19.0 Å². The molecule has 0 aromatic heterocycles. The van der Waals surface area contributed by atoms with Crippen molar-refractivity contribution in [2.45, 2.75) is 57.8 Å². The van der Waals surface area contributed by atoms with Gasteiger partial charge in [0, 0.05) is 16.3 Å². The molecular weight excluding hydrogens is 402 g/mol. The van der Waals surface area contributed by atoms with Gasteiger partial charge in [-0.2, -0.15) is 0 Å². The van der Waals surface area contributed by atoms with E-state index in [-0.39, 0.29) is 17.8 Å². The zero-order chi connectivity index (χ0) is 21.3. The Morgan fingerprint density at radius 3 is 2.53 bits per heavy atom. The number of halogens is 1. The van der Waals surface area contributed by atoms with Crippen LogP contribution in [-0.2, 0) is 16.1 Å². The number of carbonyl (C=O) groups excluding carboxylic acids is 1. The van der Waals surface area contributed by atoms with Gasteiger partial charge in [-0.1, -0.05) is 23.7 Å². The second-order valence-corrected chi connectivity index (χ2v) is 9.31. The van der Waals surface area contributed by atoms with E-state index in [1.54, 1.807) is 4.90 Å². The number of hydrogen-bond acceptors (Lipinski definition) is 4. The SMILES string of the molecule is CC(C)(C)OCC1CN(c2ccc(OCc3c(Cl)cccc3C3CC3)cc2)C(=O)O1. The highest BCUT2D eigenvalue weighted by atomic mass is 35.5. The first-order valence-electron chi connectivity index (χ1n) is 10.4. The van der Waals surface area contributed by atoms with E-state index in [1.807, 2.05) is 57.2 Å². The molecule has 5 nitrogen and oxygen atoms in total. The lowest BCUT2D eigenvalue weighted by molar-refractivity contribution is -0.0408. The fourth-order valence-corrected chi connectivity index (χ4v) is 3.78. The lowest BCUT2D eigenvalue weighted by atomic mass is 10.0. The van der Waals surface area contributed by atoms with Gasteiger partial charge in [-0.15, -0.1) is 0 Å². The molecule has 1 saturated heterocycles. The van der Waals surface area contributed by atoms with Crippen molar-refractivity contribution >= 4 is 23.4 Å². The van der Waals surface area contributed by atoms with Gasteiger partial charge in [0.15, 0.2) is 0 Å². The zero-order valence-corrected chi connectivity index (χ0v) is 18.4. The Labute approximate surface area is 182 Å². The predicted octanol–water partition coefficient (Wildman–Crippen LogP) is 5.94. The maximum Gasteiger partial charge on any atom is 0.414 e. The normalized spacial score (nSPS) is 19.1. The van der Waals surface area contributed by atoms with Gasteiger partial charge in [0.25, 0.3) is 0 Å². The third kappa shape index (κ3) is 5.08. The molecule has 1 aliphatic carbocycles. The van der Waals surface area contributed by atoms with E-state index in [2.05, 4.69) is 6.07 Å². The van der Waals surface area contributed by atoms with E-state index in [1.165, 1.54) is 18.4 Å². The maximum atomic E-state index is 12.3. The quantitative estimate of drug-likeness (QED) is 0.546. The van der Waals surface area contributed by atoms with Crippen LogP contribution >= 0.6 is 11.6 Å². The molecule has 6 heteroatoms. The van der Waals surface area contributed by atoms with Gasteiger partial charge in [-0.25, -0.2) is 4.79 Å². The molecule has 30 heavy (non-hydrogen) atoms. The Kier molecular flexibility index (Phi) is 5.94. The number of carbonyl (C=O) groups is 1. The van der Waals surface area contributed by atoms with Crippen molar-refractivity contribution in [3.05, 3.63) is 58.6 Å². The average molecular weight is 430 g/mol. The molecule has 4 rings (SSSR count). The maximum absolute atomic E-state index is 12.3. The standard InChI is InChI=1S/C24H28ClNO4/c1-24(2,3)29-14-19-13-26(23(27)30-19)17-9-11-18(12-10-17)28-15-21-20(16-7-8-16)5-4-6-22(21)25/h4-6,9-12,16,19H,7-8,13-15H2,1-3H3. The van der Waals surface area contributed by atoms with Crippen LogP contribution in [0, 0.1) is 0 Å². The van der Waals surface area contributed by atoms with Crippen molar-refractivity contribution in [3.8, 4) is 5.75 Å². The van der Waals surface area contributed by atoms with E-state index in [4.69, 9.17) is 25.8 Å². The van der Waals surface area contributed by atoms with Crippen LogP contribution in [-0.4, -0.2) is 30.9 Å². The minimum Gasteiger partial charge on any atom is -0.489 e. The summed E-state index contributed by atoms with van der Waals surface area (Å²) in [5.74, 6) is 1.35.